The zero-order valence-corrected chi connectivity index (χ0v) is 10.3. The molecule has 1 aliphatic rings. The van der Waals surface area contributed by atoms with Gasteiger partial charge in [-0.1, -0.05) is 0 Å². The fraction of sp³-hybridized carbons (Fsp3) is 0.364. The molecule has 17 heavy (non-hydrogen) atoms. The molecule has 92 valence electrons. The lowest BCUT2D eigenvalue weighted by atomic mass is 10.5. The zero-order valence-electron chi connectivity index (χ0n) is 9.53. The normalized spacial score (nSPS) is 13.6. The first-order chi connectivity index (χ1) is 8.50. The van der Waals surface area contributed by atoms with Crippen molar-refractivity contribution in [3.05, 3.63) is 41.9 Å². The summed E-state index contributed by atoms with van der Waals surface area (Å²) in [7, 11) is 0. The highest BCUT2D eigenvalue weighted by Gasteiger charge is 1.92. The number of nitrogens with one attached hydrogen (secondary N) is 1. The third kappa shape index (κ3) is 9.55. The molecule has 3 heterocycles. The number of hydrogen-bond donors (Lipinski definition) is 1. The maximum Gasteiger partial charge on any atom is 0.0791 e. The minimum atomic E-state index is 0.889. The molecule has 0 atom stereocenters. The van der Waals surface area contributed by atoms with E-state index in [2.05, 4.69) is 20.3 Å². The Bertz CT molecular complexity index is 271. The molecule has 5 nitrogen and oxygen atoms in total. The summed E-state index contributed by atoms with van der Waals surface area (Å²) in [5, 5.41) is 5.09. The predicted octanol–water partition coefficient (Wildman–Crippen LogP) is 1.23. The van der Waals surface area contributed by atoms with Gasteiger partial charge in [0.05, 0.1) is 18.7 Å². The second-order valence-electron chi connectivity index (χ2n) is 2.93. The molecule has 0 saturated carbocycles. The lowest BCUT2D eigenvalue weighted by Gasteiger charge is -2.10. The first-order valence-electron chi connectivity index (χ1n) is 5.31. The summed E-state index contributed by atoms with van der Waals surface area (Å²) in [6.45, 7) is 3.83. The maximum absolute atomic E-state index is 5.01. The van der Waals surface area contributed by atoms with Gasteiger partial charge >= 0.3 is 0 Å². The van der Waals surface area contributed by atoms with Crippen LogP contribution in [-0.2, 0) is 4.74 Å². The third-order valence-electron chi connectivity index (χ3n) is 1.67. The quantitative estimate of drug-likeness (QED) is 0.764. The molecule has 1 aliphatic heterocycles. The van der Waals surface area contributed by atoms with E-state index in [-0.39, 0.29) is 0 Å². The average molecular weight is 252 g/mol. The van der Waals surface area contributed by atoms with Crippen molar-refractivity contribution in [3.63, 3.8) is 0 Å². The highest BCUT2D eigenvalue weighted by Crippen LogP contribution is 1.85. The van der Waals surface area contributed by atoms with Gasteiger partial charge in [-0.15, -0.1) is 11.3 Å². The molecular weight excluding hydrogens is 236 g/mol. The molecule has 0 radical (unpaired) electrons. The summed E-state index contributed by atoms with van der Waals surface area (Å²) < 4.78 is 5.01. The van der Waals surface area contributed by atoms with Crippen LogP contribution in [0.25, 0.3) is 0 Å². The summed E-state index contributed by atoms with van der Waals surface area (Å²) >= 11 is 1.60. The molecule has 0 amide bonds. The van der Waals surface area contributed by atoms with Crippen LogP contribution in [0.1, 0.15) is 0 Å². The lowest BCUT2D eigenvalue weighted by Crippen LogP contribution is -2.30. The van der Waals surface area contributed by atoms with Gasteiger partial charge in [-0.25, -0.2) is 0 Å². The Kier molecular flexibility index (Phi) is 8.96. The van der Waals surface area contributed by atoms with Crippen molar-refractivity contribution in [2.75, 3.05) is 26.3 Å². The van der Waals surface area contributed by atoms with Crippen molar-refractivity contribution < 1.29 is 4.74 Å². The van der Waals surface area contributed by atoms with Gasteiger partial charge in [0, 0.05) is 49.5 Å². The Labute approximate surface area is 105 Å². The van der Waals surface area contributed by atoms with Gasteiger partial charge in [-0.3, -0.25) is 15.0 Å². The Morgan fingerprint density at radius 2 is 1.53 bits per heavy atom. The van der Waals surface area contributed by atoms with Crippen LogP contribution in [0.15, 0.2) is 41.9 Å². The molecule has 0 unspecified atom stereocenters. The number of nitrogens with zero attached hydrogens (tertiary/aromatic N) is 3. The van der Waals surface area contributed by atoms with Gasteiger partial charge in [-0.05, 0) is 0 Å². The molecule has 2 aromatic heterocycles. The smallest absolute Gasteiger partial charge is 0.0791 e. The maximum atomic E-state index is 5.01. The largest absolute Gasteiger partial charge is 0.379 e. The summed E-state index contributed by atoms with van der Waals surface area (Å²) in [4.78, 5) is 11.2. The van der Waals surface area contributed by atoms with Gasteiger partial charge in [-0.2, -0.15) is 0 Å². The number of morpholine rings is 1. The van der Waals surface area contributed by atoms with Crippen LogP contribution in [0.3, 0.4) is 0 Å². The standard InChI is InChI=1S/C4H4N2.C4H9NO.C3H3NS/c1-2-6-4-3-5-1;1-3-6-4-2-5-1;1-2-5-3-4-1/h1-4H;5H,1-4H2;1-3H. The van der Waals surface area contributed by atoms with Crippen LogP contribution < -0.4 is 5.32 Å². The molecule has 1 fully saturated rings. The number of rotatable bonds is 0. The lowest BCUT2D eigenvalue weighted by molar-refractivity contribution is 0.109. The first kappa shape index (κ1) is 13.7. The van der Waals surface area contributed by atoms with Crippen LogP contribution in [0, 0.1) is 0 Å². The van der Waals surface area contributed by atoms with Crippen LogP contribution in [0.5, 0.6) is 0 Å². The Morgan fingerprint density at radius 1 is 0.882 bits per heavy atom. The molecule has 1 N–H and O–H groups in total. The van der Waals surface area contributed by atoms with E-state index in [1.54, 1.807) is 47.8 Å². The fourth-order valence-corrected chi connectivity index (χ4v) is 1.30. The number of thiazole rings is 1. The predicted molar refractivity (Wildman–Crippen MR) is 67.8 cm³/mol. The summed E-state index contributed by atoms with van der Waals surface area (Å²) in [5.74, 6) is 0. The van der Waals surface area contributed by atoms with Crippen molar-refractivity contribution in [2.24, 2.45) is 0 Å². The minimum absolute atomic E-state index is 0.889. The molecule has 3 rings (SSSR count). The van der Waals surface area contributed by atoms with Crippen molar-refractivity contribution in [1.82, 2.24) is 20.3 Å². The monoisotopic (exact) mass is 252 g/mol. The fourth-order valence-electron chi connectivity index (χ4n) is 0.945. The molecule has 0 aromatic carbocycles. The van der Waals surface area contributed by atoms with E-state index in [0.717, 1.165) is 26.3 Å². The van der Waals surface area contributed by atoms with E-state index in [0.29, 0.717) is 0 Å². The van der Waals surface area contributed by atoms with Gasteiger partial charge in [0.2, 0.25) is 0 Å². The van der Waals surface area contributed by atoms with Crippen molar-refractivity contribution in [2.45, 2.75) is 0 Å². The van der Waals surface area contributed by atoms with Crippen LogP contribution in [0.2, 0.25) is 0 Å². The molecule has 0 spiro atoms. The Hall–Kier alpha value is -1.37. The summed E-state index contributed by atoms with van der Waals surface area (Å²) in [6, 6.07) is 0. The third-order valence-corrected chi connectivity index (χ3v) is 2.19. The second-order valence-corrected chi connectivity index (χ2v) is 3.69. The van der Waals surface area contributed by atoms with Crippen LogP contribution in [-0.4, -0.2) is 41.3 Å². The second kappa shape index (κ2) is 11.1. The summed E-state index contributed by atoms with van der Waals surface area (Å²) in [5.41, 5.74) is 1.79. The number of hydrogen-bond acceptors (Lipinski definition) is 6. The van der Waals surface area contributed by atoms with E-state index in [1.165, 1.54) is 0 Å². The van der Waals surface area contributed by atoms with E-state index in [4.69, 9.17) is 4.74 Å². The highest BCUT2D eigenvalue weighted by atomic mass is 32.1. The number of ether oxygens (including phenoxy) is 1. The van der Waals surface area contributed by atoms with Crippen LogP contribution in [0.4, 0.5) is 0 Å². The molecule has 6 heteroatoms. The molecule has 0 bridgehead atoms. The Morgan fingerprint density at radius 3 is 1.71 bits per heavy atom. The van der Waals surface area contributed by atoms with E-state index in [9.17, 15) is 0 Å². The Balaban J connectivity index is 0.000000128. The van der Waals surface area contributed by atoms with E-state index in [1.807, 2.05) is 5.38 Å². The van der Waals surface area contributed by atoms with Crippen molar-refractivity contribution >= 4 is 11.3 Å². The van der Waals surface area contributed by atoms with Gasteiger partial charge in [0.1, 0.15) is 0 Å². The molecule has 0 aliphatic carbocycles. The van der Waals surface area contributed by atoms with E-state index < -0.39 is 0 Å². The molecular formula is C11H16N4OS. The zero-order chi connectivity index (χ0) is 12.0. The highest BCUT2D eigenvalue weighted by molar-refractivity contribution is 7.07. The topological polar surface area (TPSA) is 59.9 Å². The minimum Gasteiger partial charge on any atom is -0.379 e. The van der Waals surface area contributed by atoms with Gasteiger partial charge in [0.15, 0.2) is 0 Å². The SMILES string of the molecule is C1COCCN1.c1cnccn1.c1cscn1. The van der Waals surface area contributed by atoms with Crippen LogP contribution >= 0.6 is 11.3 Å². The van der Waals surface area contributed by atoms with Gasteiger partial charge in [0.25, 0.3) is 0 Å². The van der Waals surface area contributed by atoms with Gasteiger partial charge < -0.3 is 10.1 Å². The van der Waals surface area contributed by atoms with Crippen molar-refractivity contribution in [1.29, 1.82) is 0 Å². The molecule has 2 aromatic rings. The van der Waals surface area contributed by atoms with E-state index >= 15 is 0 Å². The average Bonchev–Trinajstić information content (AvgIpc) is 3.03. The summed E-state index contributed by atoms with van der Waals surface area (Å²) in [6.07, 6.45) is 8.32. The first-order valence-corrected chi connectivity index (χ1v) is 6.25. The van der Waals surface area contributed by atoms with Crippen molar-refractivity contribution in [3.8, 4) is 0 Å². The molecule has 1 saturated heterocycles. The number of aromatic nitrogens is 3.